The summed E-state index contributed by atoms with van der Waals surface area (Å²) in [4.78, 5) is 41.2. The Morgan fingerprint density at radius 3 is 2.94 bits per heavy atom. The largest absolute Gasteiger partial charge is 0.466 e. The van der Waals surface area contributed by atoms with E-state index in [2.05, 4.69) is 15.6 Å². The number of benzene rings is 1. The van der Waals surface area contributed by atoms with Crippen LogP contribution in [-0.2, 0) is 30.5 Å². The van der Waals surface area contributed by atoms with Crippen LogP contribution in [0.3, 0.4) is 0 Å². The predicted octanol–water partition coefficient (Wildman–Crippen LogP) is -0.176. The molecule has 3 aliphatic heterocycles. The topological polar surface area (TPSA) is 136 Å². The van der Waals surface area contributed by atoms with E-state index in [9.17, 15) is 19.5 Å². The number of likely N-dealkylation sites (tertiary alicyclic amines) is 1. The number of nitrogens with zero attached hydrogens (tertiary/aromatic N) is 4. The second-order valence-electron chi connectivity index (χ2n) is 8.86. The van der Waals surface area contributed by atoms with Gasteiger partial charge in [0.1, 0.15) is 23.8 Å². The molecule has 0 saturated carbocycles. The first kappa shape index (κ1) is 21.8. The van der Waals surface area contributed by atoms with Crippen molar-refractivity contribution in [3.63, 3.8) is 0 Å². The van der Waals surface area contributed by atoms with E-state index in [1.54, 1.807) is 18.5 Å². The Labute approximate surface area is 190 Å². The van der Waals surface area contributed by atoms with Crippen molar-refractivity contribution in [3.8, 4) is 0 Å². The van der Waals surface area contributed by atoms with Crippen LogP contribution in [0, 0.1) is 11.8 Å². The van der Waals surface area contributed by atoms with Gasteiger partial charge in [0.15, 0.2) is 0 Å². The van der Waals surface area contributed by atoms with Crippen LogP contribution < -0.4 is 5.32 Å². The third-order valence-electron chi connectivity index (χ3n) is 7.11. The van der Waals surface area contributed by atoms with Crippen LogP contribution in [0.4, 0.5) is 0 Å². The highest BCUT2D eigenvalue weighted by atomic mass is 16.6. The summed E-state index contributed by atoms with van der Waals surface area (Å²) in [6.45, 7) is 3.31. The molecule has 1 aromatic carbocycles. The molecular formula is C22H27N5O6. The number of fused-ring (bicyclic) bond motifs is 2. The van der Waals surface area contributed by atoms with E-state index in [1.165, 1.54) is 4.90 Å². The third-order valence-corrected chi connectivity index (χ3v) is 7.11. The molecule has 4 heterocycles. The number of rotatable bonds is 7. The van der Waals surface area contributed by atoms with Crippen LogP contribution in [0.1, 0.15) is 26.7 Å². The van der Waals surface area contributed by atoms with Crippen LogP contribution in [0.2, 0.25) is 0 Å². The average molecular weight is 457 g/mol. The number of hydrogen-bond donors (Lipinski definition) is 2. The first-order chi connectivity index (χ1) is 15.9. The fourth-order valence-electron chi connectivity index (χ4n) is 5.74. The summed E-state index contributed by atoms with van der Waals surface area (Å²) in [5.41, 5.74) is 0.335. The summed E-state index contributed by atoms with van der Waals surface area (Å²) >= 11 is 0. The molecule has 3 fully saturated rings. The molecule has 1 aromatic heterocycles. The molecule has 2 aromatic rings. The summed E-state index contributed by atoms with van der Waals surface area (Å²) in [6, 6.07) is 5.79. The Kier molecular flexibility index (Phi) is 5.32. The first-order valence-corrected chi connectivity index (χ1v) is 11.3. The minimum Gasteiger partial charge on any atom is -0.466 e. The van der Waals surface area contributed by atoms with Gasteiger partial charge in [-0.1, -0.05) is 17.3 Å². The van der Waals surface area contributed by atoms with Gasteiger partial charge in [-0.3, -0.25) is 14.4 Å². The van der Waals surface area contributed by atoms with E-state index in [1.807, 2.05) is 24.3 Å². The molecule has 2 bridgehead atoms. The lowest BCUT2D eigenvalue weighted by molar-refractivity contribution is -0.155. The second-order valence-corrected chi connectivity index (χ2v) is 8.86. The molecule has 2 amide bonds. The quantitative estimate of drug-likeness (QED) is 0.547. The third kappa shape index (κ3) is 3.13. The molecule has 5 rings (SSSR count). The number of carbonyl (C=O) groups is 3. The van der Waals surface area contributed by atoms with Gasteiger partial charge >= 0.3 is 5.97 Å². The van der Waals surface area contributed by atoms with E-state index in [-0.39, 0.29) is 25.8 Å². The van der Waals surface area contributed by atoms with Crippen molar-refractivity contribution in [2.75, 3.05) is 13.2 Å². The molecule has 0 radical (unpaired) electrons. The molecule has 11 heteroatoms. The minimum absolute atomic E-state index is 0.0524. The van der Waals surface area contributed by atoms with Crippen molar-refractivity contribution < 1.29 is 29.0 Å². The number of hydrogen-bond acceptors (Lipinski definition) is 8. The van der Waals surface area contributed by atoms with Gasteiger partial charge in [-0.15, -0.1) is 5.10 Å². The zero-order valence-corrected chi connectivity index (χ0v) is 18.5. The van der Waals surface area contributed by atoms with Gasteiger partial charge in [0.2, 0.25) is 11.8 Å². The summed E-state index contributed by atoms with van der Waals surface area (Å²) in [6.07, 6.45) is 0.578. The average Bonchev–Trinajstić information content (AvgIpc) is 3.56. The van der Waals surface area contributed by atoms with Crippen LogP contribution >= 0.6 is 0 Å². The molecule has 6 atom stereocenters. The van der Waals surface area contributed by atoms with Crippen LogP contribution in [-0.4, -0.2) is 79.8 Å². The summed E-state index contributed by atoms with van der Waals surface area (Å²) in [7, 11) is 0. The van der Waals surface area contributed by atoms with Crippen LogP contribution in [0.5, 0.6) is 0 Å². The molecule has 2 unspecified atom stereocenters. The molecule has 3 saturated heterocycles. The monoisotopic (exact) mass is 457 g/mol. The Morgan fingerprint density at radius 2 is 2.18 bits per heavy atom. The number of carbonyl (C=O) groups excluding carboxylic acids is 3. The SMILES string of the molecule is CCOC(=O)[C@@H]1[C@@H]2CCC3(O2)C(C(=O)NCn2nnc4ccccc42)N([C@H](C)CO)C(=O)[C@H]13. The lowest BCUT2D eigenvalue weighted by atomic mass is 9.71. The van der Waals surface area contributed by atoms with Gasteiger partial charge in [0, 0.05) is 0 Å². The Hall–Kier alpha value is -3.05. The van der Waals surface area contributed by atoms with Gasteiger partial charge in [-0.25, -0.2) is 4.68 Å². The van der Waals surface area contributed by atoms with E-state index >= 15 is 0 Å². The fourth-order valence-corrected chi connectivity index (χ4v) is 5.74. The Morgan fingerprint density at radius 1 is 1.39 bits per heavy atom. The smallest absolute Gasteiger partial charge is 0.312 e. The first-order valence-electron chi connectivity index (χ1n) is 11.3. The van der Waals surface area contributed by atoms with Gasteiger partial charge in [-0.05, 0) is 38.8 Å². The molecule has 3 aliphatic rings. The molecule has 33 heavy (non-hydrogen) atoms. The lowest BCUT2D eigenvalue weighted by Gasteiger charge is -2.35. The number of aromatic nitrogens is 3. The number of aliphatic hydroxyl groups excluding tert-OH is 1. The van der Waals surface area contributed by atoms with E-state index in [4.69, 9.17) is 9.47 Å². The molecule has 176 valence electrons. The predicted molar refractivity (Wildman–Crippen MR) is 113 cm³/mol. The maximum Gasteiger partial charge on any atom is 0.312 e. The van der Waals surface area contributed by atoms with Crippen LogP contribution in [0.15, 0.2) is 24.3 Å². The highest BCUT2D eigenvalue weighted by molar-refractivity contribution is 5.98. The second kappa shape index (κ2) is 8.07. The standard InChI is InChI=1S/C22H27N5O6/c1-3-32-21(31)16-15-8-9-22(33-15)17(16)20(30)27(12(2)10-28)18(22)19(29)23-11-26-14-7-5-4-6-13(14)24-25-26/h4-7,12,15-18,28H,3,8-11H2,1-2H3,(H,23,29)/t12-,15+,16-,17+,18?,22?/m1/s1. The highest BCUT2D eigenvalue weighted by Crippen LogP contribution is 2.58. The summed E-state index contributed by atoms with van der Waals surface area (Å²) < 4.78 is 13.1. The van der Waals surface area contributed by atoms with E-state index in [0.29, 0.717) is 18.4 Å². The van der Waals surface area contributed by atoms with Gasteiger partial charge in [-0.2, -0.15) is 0 Å². The number of aliphatic hydroxyl groups is 1. The number of esters is 1. The Balaban J connectivity index is 1.45. The highest BCUT2D eigenvalue weighted by Gasteiger charge is 2.75. The fraction of sp³-hybridized carbons (Fsp3) is 0.591. The number of para-hydroxylation sites is 1. The maximum atomic E-state index is 13.5. The lowest BCUT2D eigenvalue weighted by Crippen LogP contribution is -2.57. The van der Waals surface area contributed by atoms with Crippen molar-refractivity contribution in [3.05, 3.63) is 24.3 Å². The molecule has 1 spiro atoms. The van der Waals surface area contributed by atoms with Crippen molar-refractivity contribution in [2.24, 2.45) is 11.8 Å². The molecule has 0 aliphatic carbocycles. The number of amides is 2. The van der Waals surface area contributed by atoms with Gasteiger partial charge in [0.25, 0.3) is 0 Å². The minimum atomic E-state index is -1.13. The van der Waals surface area contributed by atoms with Crippen LogP contribution in [0.25, 0.3) is 11.0 Å². The normalized spacial score (nSPS) is 31.1. The number of ether oxygens (including phenoxy) is 2. The zero-order chi connectivity index (χ0) is 23.3. The molecule has 2 N–H and O–H groups in total. The Bertz CT molecular complexity index is 1100. The van der Waals surface area contributed by atoms with Crippen molar-refractivity contribution in [1.29, 1.82) is 0 Å². The summed E-state index contributed by atoms with van der Waals surface area (Å²) in [5, 5.41) is 20.9. The number of nitrogens with one attached hydrogen (secondary N) is 1. The van der Waals surface area contributed by atoms with Crippen molar-refractivity contribution in [2.45, 2.75) is 57.1 Å². The molecular weight excluding hydrogens is 430 g/mol. The van der Waals surface area contributed by atoms with E-state index < -0.39 is 47.5 Å². The van der Waals surface area contributed by atoms with Gasteiger partial charge in [0.05, 0.1) is 42.7 Å². The molecule has 11 nitrogen and oxygen atoms in total. The maximum absolute atomic E-state index is 13.5. The van der Waals surface area contributed by atoms with Crippen molar-refractivity contribution >= 4 is 28.8 Å². The van der Waals surface area contributed by atoms with Gasteiger partial charge < -0.3 is 24.8 Å². The summed E-state index contributed by atoms with van der Waals surface area (Å²) in [5.74, 6) is -2.82. The van der Waals surface area contributed by atoms with E-state index in [0.717, 1.165) is 5.52 Å². The van der Waals surface area contributed by atoms with Crippen molar-refractivity contribution in [1.82, 2.24) is 25.2 Å². The zero-order valence-electron chi connectivity index (χ0n) is 18.5.